The van der Waals surface area contributed by atoms with Crippen LogP contribution in [-0.4, -0.2) is 23.2 Å². The van der Waals surface area contributed by atoms with Gasteiger partial charge in [-0.1, -0.05) is 12.2 Å². The molecule has 1 aromatic heterocycles. The van der Waals surface area contributed by atoms with Gasteiger partial charge in [0.25, 0.3) is 0 Å². The summed E-state index contributed by atoms with van der Waals surface area (Å²) in [5.41, 5.74) is 0.859. The Bertz CT molecular complexity index is 326. The van der Waals surface area contributed by atoms with E-state index >= 15 is 0 Å². The predicted octanol–water partition coefficient (Wildman–Crippen LogP) is 1.75. The smallest absolute Gasteiger partial charge is 0.129 e. The second-order valence-corrected chi connectivity index (χ2v) is 3.16. The van der Waals surface area contributed by atoms with Crippen LogP contribution in [0.3, 0.4) is 0 Å². The topological polar surface area (TPSA) is 36.4 Å². The van der Waals surface area contributed by atoms with Gasteiger partial charge < -0.3 is 10.0 Å². The van der Waals surface area contributed by atoms with E-state index in [9.17, 15) is 0 Å². The van der Waals surface area contributed by atoms with E-state index in [4.69, 9.17) is 5.11 Å². The molecular weight excluding hydrogens is 188 g/mol. The van der Waals surface area contributed by atoms with Crippen molar-refractivity contribution in [3.63, 3.8) is 0 Å². The standard InChI is InChI=1S/C12H16N2O/c1-3-7-14(8-4-2)12-9-11(10-15)5-6-13-12/h3-6,9,15H,1-2,7-8,10H2. The van der Waals surface area contributed by atoms with Crippen LogP contribution in [0.25, 0.3) is 0 Å². The van der Waals surface area contributed by atoms with Gasteiger partial charge in [-0.3, -0.25) is 0 Å². The van der Waals surface area contributed by atoms with Gasteiger partial charge in [-0.15, -0.1) is 13.2 Å². The molecule has 1 heterocycles. The van der Waals surface area contributed by atoms with E-state index in [1.54, 1.807) is 12.3 Å². The third-order valence-corrected chi connectivity index (χ3v) is 2.02. The third kappa shape index (κ3) is 3.22. The fourth-order valence-corrected chi connectivity index (χ4v) is 1.31. The van der Waals surface area contributed by atoms with Gasteiger partial charge in [-0.2, -0.15) is 0 Å². The Balaban J connectivity index is 2.88. The van der Waals surface area contributed by atoms with Gasteiger partial charge in [0.2, 0.25) is 0 Å². The Kier molecular flexibility index (Phi) is 4.57. The van der Waals surface area contributed by atoms with Crippen LogP contribution >= 0.6 is 0 Å². The van der Waals surface area contributed by atoms with Crippen molar-refractivity contribution in [2.45, 2.75) is 6.61 Å². The summed E-state index contributed by atoms with van der Waals surface area (Å²) in [6, 6.07) is 3.66. The number of aromatic nitrogens is 1. The summed E-state index contributed by atoms with van der Waals surface area (Å²) in [4.78, 5) is 6.27. The van der Waals surface area contributed by atoms with E-state index in [1.807, 2.05) is 23.1 Å². The number of aliphatic hydroxyl groups is 1. The lowest BCUT2D eigenvalue weighted by Crippen LogP contribution is -2.24. The summed E-state index contributed by atoms with van der Waals surface area (Å²) in [5, 5.41) is 9.02. The average molecular weight is 204 g/mol. The minimum atomic E-state index is 0.0333. The van der Waals surface area contributed by atoms with Crippen LogP contribution in [0.4, 0.5) is 5.82 Å². The summed E-state index contributed by atoms with van der Waals surface area (Å²) in [5.74, 6) is 0.835. The maximum Gasteiger partial charge on any atom is 0.129 e. The van der Waals surface area contributed by atoms with Crippen LogP contribution in [0.15, 0.2) is 43.6 Å². The van der Waals surface area contributed by atoms with E-state index in [2.05, 4.69) is 18.1 Å². The molecule has 0 radical (unpaired) electrons. The lowest BCUT2D eigenvalue weighted by molar-refractivity contribution is 0.281. The van der Waals surface area contributed by atoms with E-state index < -0.39 is 0 Å². The monoisotopic (exact) mass is 204 g/mol. The second-order valence-electron chi connectivity index (χ2n) is 3.16. The van der Waals surface area contributed by atoms with Crippen molar-refractivity contribution >= 4 is 5.82 Å². The fourth-order valence-electron chi connectivity index (χ4n) is 1.31. The van der Waals surface area contributed by atoms with Gasteiger partial charge in [-0.05, 0) is 17.7 Å². The molecule has 0 amide bonds. The molecule has 0 fully saturated rings. The molecule has 0 unspecified atom stereocenters. The Morgan fingerprint density at radius 3 is 2.53 bits per heavy atom. The molecule has 0 spiro atoms. The first-order chi connectivity index (χ1) is 7.31. The number of hydrogen-bond acceptors (Lipinski definition) is 3. The number of anilines is 1. The Hall–Kier alpha value is -1.61. The molecule has 15 heavy (non-hydrogen) atoms. The van der Waals surface area contributed by atoms with Crippen molar-refractivity contribution in [2.75, 3.05) is 18.0 Å². The zero-order valence-corrected chi connectivity index (χ0v) is 8.76. The molecule has 80 valence electrons. The first-order valence-electron chi connectivity index (χ1n) is 4.84. The largest absolute Gasteiger partial charge is 0.392 e. The van der Waals surface area contributed by atoms with Gasteiger partial charge in [-0.25, -0.2) is 4.98 Å². The highest BCUT2D eigenvalue weighted by atomic mass is 16.3. The second kappa shape index (κ2) is 5.98. The number of aliphatic hydroxyl groups excluding tert-OH is 1. The Morgan fingerprint density at radius 2 is 2.00 bits per heavy atom. The molecule has 0 aliphatic heterocycles. The van der Waals surface area contributed by atoms with Crippen LogP contribution in [0.2, 0.25) is 0 Å². The van der Waals surface area contributed by atoms with Gasteiger partial charge in [0, 0.05) is 19.3 Å². The number of rotatable bonds is 6. The molecule has 3 heteroatoms. The van der Waals surface area contributed by atoms with E-state index in [1.165, 1.54) is 0 Å². The highest BCUT2D eigenvalue weighted by Crippen LogP contribution is 2.12. The summed E-state index contributed by atoms with van der Waals surface area (Å²) >= 11 is 0. The SMILES string of the molecule is C=CCN(CC=C)c1cc(CO)ccn1. The van der Waals surface area contributed by atoms with Crippen molar-refractivity contribution in [2.24, 2.45) is 0 Å². The molecule has 0 aliphatic carbocycles. The minimum Gasteiger partial charge on any atom is -0.392 e. The van der Waals surface area contributed by atoms with Gasteiger partial charge in [0.15, 0.2) is 0 Å². The normalized spacial score (nSPS) is 9.67. The summed E-state index contributed by atoms with van der Waals surface area (Å²) in [6.07, 6.45) is 5.33. The Morgan fingerprint density at radius 1 is 1.33 bits per heavy atom. The van der Waals surface area contributed by atoms with E-state index in [0.717, 1.165) is 11.4 Å². The van der Waals surface area contributed by atoms with Crippen molar-refractivity contribution in [3.05, 3.63) is 49.2 Å². The first kappa shape index (κ1) is 11.5. The summed E-state index contributed by atoms with van der Waals surface area (Å²) < 4.78 is 0. The van der Waals surface area contributed by atoms with Crippen LogP contribution in [0.5, 0.6) is 0 Å². The van der Waals surface area contributed by atoms with Crippen molar-refractivity contribution in [3.8, 4) is 0 Å². The lowest BCUT2D eigenvalue weighted by Gasteiger charge is -2.20. The maximum absolute atomic E-state index is 9.02. The zero-order valence-electron chi connectivity index (χ0n) is 8.76. The quantitative estimate of drug-likeness (QED) is 0.717. The molecule has 1 aromatic rings. The molecule has 3 nitrogen and oxygen atoms in total. The molecule has 0 aromatic carbocycles. The predicted molar refractivity (Wildman–Crippen MR) is 62.8 cm³/mol. The van der Waals surface area contributed by atoms with Gasteiger partial charge in [0.05, 0.1) is 6.61 Å². The molecular formula is C12H16N2O. The summed E-state index contributed by atoms with van der Waals surface area (Å²) in [6.45, 7) is 8.86. The van der Waals surface area contributed by atoms with Crippen molar-refractivity contribution in [1.29, 1.82) is 0 Å². The first-order valence-corrected chi connectivity index (χ1v) is 4.84. The van der Waals surface area contributed by atoms with Crippen molar-refractivity contribution in [1.82, 2.24) is 4.98 Å². The third-order valence-electron chi connectivity index (χ3n) is 2.02. The molecule has 0 saturated carbocycles. The number of hydrogen-bond donors (Lipinski definition) is 1. The molecule has 1 rings (SSSR count). The fraction of sp³-hybridized carbons (Fsp3) is 0.250. The van der Waals surface area contributed by atoms with Crippen LogP contribution in [0, 0.1) is 0 Å². The molecule has 1 N–H and O–H groups in total. The van der Waals surface area contributed by atoms with Crippen LogP contribution in [0.1, 0.15) is 5.56 Å². The average Bonchev–Trinajstić information content (AvgIpc) is 2.29. The van der Waals surface area contributed by atoms with E-state index in [-0.39, 0.29) is 6.61 Å². The van der Waals surface area contributed by atoms with Crippen LogP contribution < -0.4 is 4.90 Å². The van der Waals surface area contributed by atoms with Gasteiger partial charge >= 0.3 is 0 Å². The van der Waals surface area contributed by atoms with Crippen LogP contribution in [-0.2, 0) is 6.61 Å². The van der Waals surface area contributed by atoms with Gasteiger partial charge in [0.1, 0.15) is 5.82 Å². The molecule has 0 atom stereocenters. The molecule has 0 bridgehead atoms. The minimum absolute atomic E-state index is 0.0333. The highest BCUT2D eigenvalue weighted by molar-refractivity contribution is 5.42. The lowest BCUT2D eigenvalue weighted by atomic mass is 10.2. The molecule has 0 aliphatic rings. The molecule has 0 saturated heterocycles. The Labute approximate surface area is 90.4 Å². The number of nitrogens with zero attached hydrogens (tertiary/aromatic N) is 2. The maximum atomic E-state index is 9.02. The zero-order chi connectivity index (χ0) is 11.1. The highest BCUT2D eigenvalue weighted by Gasteiger charge is 2.04. The van der Waals surface area contributed by atoms with Crippen molar-refractivity contribution < 1.29 is 5.11 Å². The summed E-state index contributed by atoms with van der Waals surface area (Å²) in [7, 11) is 0. The number of pyridine rings is 1. The van der Waals surface area contributed by atoms with E-state index in [0.29, 0.717) is 13.1 Å².